The molecular formula is C15H16N2O2S. The molecule has 4 nitrogen and oxygen atoms in total. The Labute approximate surface area is 122 Å². The van der Waals surface area contributed by atoms with Crippen LogP contribution in [0.25, 0.3) is 0 Å². The van der Waals surface area contributed by atoms with E-state index in [9.17, 15) is 0 Å². The van der Waals surface area contributed by atoms with Gasteiger partial charge in [-0.15, -0.1) is 11.3 Å². The maximum atomic E-state index is 9.02. The van der Waals surface area contributed by atoms with Crippen molar-refractivity contribution in [2.45, 2.75) is 20.0 Å². The van der Waals surface area contributed by atoms with Gasteiger partial charge in [0.15, 0.2) is 0 Å². The van der Waals surface area contributed by atoms with Gasteiger partial charge in [0.1, 0.15) is 11.8 Å². The van der Waals surface area contributed by atoms with Crippen LogP contribution in [0.4, 0.5) is 0 Å². The van der Waals surface area contributed by atoms with Gasteiger partial charge in [0, 0.05) is 11.3 Å². The Morgan fingerprint density at radius 1 is 1.40 bits per heavy atom. The third-order valence-corrected chi connectivity index (χ3v) is 3.97. The van der Waals surface area contributed by atoms with E-state index in [0.717, 1.165) is 17.7 Å². The Hall–Kier alpha value is -1.90. The number of thiazole rings is 1. The average molecular weight is 288 g/mol. The lowest BCUT2D eigenvalue weighted by molar-refractivity contribution is 0.124. The second-order valence-corrected chi connectivity index (χ2v) is 5.25. The fraction of sp³-hybridized carbons (Fsp3) is 0.333. The van der Waals surface area contributed by atoms with Gasteiger partial charge in [0.2, 0.25) is 0 Å². The van der Waals surface area contributed by atoms with E-state index in [4.69, 9.17) is 14.7 Å². The summed E-state index contributed by atoms with van der Waals surface area (Å²) in [6.07, 6.45) is 0.873. The van der Waals surface area contributed by atoms with E-state index in [1.807, 2.05) is 18.5 Å². The predicted molar refractivity (Wildman–Crippen MR) is 77.9 cm³/mol. The smallest absolute Gasteiger partial charge is 0.136 e. The lowest BCUT2D eigenvalue weighted by Crippen LogP contribution is -2.00. The molecule has 0 aliphatic rings. The molecule has 0 aliphatic heterocycles. The third-order valence-electron chi connectivity index (χ3n) is 2.97. The summed E-state index contributed by atoms with van der Waals surface area (Å²) in [6, 6.07) is 7.63. The van der Waals surface area contributed by atoms with Crippen molar-refractivity contribution in [1.82, 2.24) is 4.98 Å². The zero-order valence-corrected chi connectivity index (χ0v) is 12.4. The molecule has 2 aromatic rings. The molecule has 20 heavy (non-hydrogen) atoms. The Morgan fingerprint density at radius 3 is 2.90 bits per heavy atom. The number of hydrogen-bond acceptors (Lipinski definition) is 5. The average Bonchev–Trinajstić information content (AvgIpc) is 2.88. The number of methoxy groups -OCH3 is 1. The Bertz CT molecular complexity index is 617. The van der Waals surface area contributed by atoms with Crippen molar-refractivity contribution in [3.8, 4) is 11.8 Å². The van der Waals surface area contributed by atoms with E-state index >= 15 is 0 Å². The minimum absolute atomic E-state index is 0.497. The van der Waals surface area contributed by atoms with Crippen molar-refractivity contribution >= 4 is 11.3 Å². The number of aryl methyl sites for hydroxylation is 1. The van der Waals surface area contributed by atoms with E-state index in [1.54, 1.807) is 30.6 Å². The van der Waals surface area contributed by atoms with E-state index in [1.165, 1.54) is 4.88 Å². The van der Waals surface area contributed by atoms with Crippen molar-refractivity contribution in [1.29, 1.82) is 5.26 Å². The number of rotatable bonds is 6. The van der Waals surface area contributed by atoms with Crippen LogP contribution in [-0.2, 0) is 17.8 Å². The summed E-state index contributed by atoms with van der Waals surface area (Å²) in [5, 5.41) is 9.02. The van der Waals surface area contributed by atoms with Crippen LogP contribution >= 0.6 is 11.3 Å². The van der Waals surface area contributed by atoms with Crippen molar-refractivity contribution in [2.75, 3.05) is 13.7 Å². The second kappa shape index (κ2) is 7.04. The highest BCUT2D eigenvalue weighted by molar-refractivity contribution is 7.09. The Kier molecular flexibility index (Phi) is 5.10. The number of hydrogen-bond donors (Lipinski definition) is 0. The van der Waals surface area contributed by atoms with Gasteiger partial charge >= 0.3 is 0 Å². The van der Waals surface area contributed by atoms with Crippen molar-refractivity contribution in [3.05, 3.63) is 45.4 Å². The zero-order valence-electron chi connectivity index (χ0n) is 11.5. The summed E-state index contributed by atoms with van der Waals surface area (Å²) in [4.78, 5) is 5.47. The van der Waals surface area contributed by atoms with Gasteiger partial charge in [-0.1, -0.05) is 6.07 Å². The largest absolute Gasteiger partial charge is 0.495 e. The lowest BCUT2D eigenvalue weighted by Gasteiger charge is -2.07. The second-order valence-electron chi connectivity index (χ2n) is 4.31. The SMILES string of the molecule is COc1ccc(COCCc2scnc2C)cc1C#N. The summed E-state index contributed by atoms with van der Waals surface area (Å²) < 4.78 is 10.8. The van der Waals surface area contributed by atoms with Crippen LogP contribution in [0.1, 0.15) is 21.7 Å². The molecule has 2 rings (SSSR count). The third kappa shape index (κ3) is 3.56. The van der Waals surface area contributed by atoms with Gasteiger partial charge in [0.05, 0.1) is 37.1 Å². The van der Waals surface area contributed by atoms with Gasteiger partial charge in [-0.05, 0) is 24.6 Å². The number of ether oxygens (including phenoxy) is 2. The number of aromatic nitrogens is 1. The summed E-state index contributed by atoms with van der Waals surface area (Å²) in [6.45, 7) is 3.15. The number of benzene rings is 1. The molecule has 0 saturated heterocycles. The van der Waals surface area contributed by atoms with Crippen LogP contribution in [0.2, 0.25) is 0 Å². The molecule has 5 heteroatoms. The van der Waals surface area contributed by atoms with Gasteiger partial charge < -0.3 is 9.47 Å². The summed E-state index contributed by atoms with van der Waals surface area (Å²) in [5.74, 6) is 0.594. The zero-order chi connectivity index (χ0) is 14.4. The molecule has 0 fully saturated rings. The van der Waals surface area contributed by atoms with Crippen LogP contribution in [0.5, 0.6) is 5.75 Å². The van der Waals surface area contributed by atoms with Crippen LogP contribution in [-0.4, -0.2) is 18.7 Å². The van der Waals surface area contributed by atoms with Crippen LogP contribution < -0.4 is 4.74 Å². The topological polar surface area (TPSA) is 55.1 Å². The van der Waals surface area contributed by atoms with Crippen molar-refractivity contribution in [2.24, 2.45) is 0 Å². The highest BCUT2D eigenvalue weighted by atomic mass is 32.1. The summed E-state index contributed by atoms with van der Waals surface area (Å²) >= 11 is 1.66. The molecule has 0 spiro atoms. The summed E-state index contributed by atoms with van der Waals surface area (Å²) in [5.41, 5.74) is 4.44. The molecular weight excluding hydrogens is 272 g/mol. The first-order valence-electron chi connectivity index (χ1n) is 6.28. The first-order chi connectivity index (χ1) is 9.74. The summed E-state index contributed by atoms with van der Waals surface area (Å²) in [7, 11) is 1.56. The fourth-order valence-electron chi connectivity index (χ4n) is 1.85. The standard InChI is InChI=1S/C15H16N2O2S/c1-11-15(20-10-17-11)5-6-19-9-12-3-4-14(18-2)13(7-12)8-16/h3-4,7,10H,5-6,9H2,1-2H3. The van der Waals surface area contributed by atoms with Crippen LogP contribution in [0, 0.1) is 18.3 Å². The highest BCUT2D eigenvalue weighted by Crippen LogP contribution is 2.19. The monoisotopic (exact) mass is 288 g/mol. The normalized spacial score (nSPS) is 10.2. The Morgan fingerprint density at radius 2 is 2.25 bits per heavy atom. The van der Waals surface area contributed by atoms with E-state index in [2.05, 4.69) is 11.1 Å². The molecule has 0 unspecified atom stereocenters. The maximum Gasteiger partial charge on any atom is 0.136 e. The fourth-order valence-corrected chi connectivity index (χ4v) is 2.62. The minimum atomic E-state index is 0.497. The van der Waals surface area contributed by atoms with Gasteiger partial charge in [-0.3, -0.25) is 0 Å². The lowest BCUT2D eigenvalue weighted by atomic mass is 10.1. The number of nitriles is 1. The molecule has 0 saturated carbocycles. The molecule has 1 aromatic heterocycles. The molecule has 0 N–H and O–H groups in total. The quantitative estimate of drug-likeness (QED) is 0.766. The van der Waals surface area contributed by atoms with Crippen LogP contribution in [0.3, 0.4) is 0 Å². The van der Waals surface area contributed by atoms with Crippen molar-refractivity contribution in [3.63, 3.8) is 0 Å². The number of nitrogens with zero attached hydrogens (tertiary/aromatic N) is 2. The predicted octanol–water partition coefficient (Wildman–Crippen LogP) is 3.09. The molecule has 0 atom stereocenters. The first-order valence-corrected chi connectivity index (χ1v) is 7.16. The molecule has 0 amide bonds. The van der Waals surface area contributed by atoms with Gasteiger partial charge in [0.25, 0.3) is 0 Å². The molecule has 1 heterocycles. The molecule has 1 aromatic carbocycles. The molecule has 0 aliphatic carbocycles. The van der Waals surface area contributed by atoms with Gasteiger partial charge in [-0.2, -0.15) is 5.26 Å². The van der Waals surface area contributed by atoms with E-state index in [0.29, 0.717) is 24.5 Å². The molecule has 0 bridgehead atoms. The van der Waals surface area contributed by atoms with Crippen molar-refractivity contribution < 1.29 is 9.47 Å². The minimum Gasteiger partial charge on any atom is -0.495 e. The first kappa shape index (κ1) is 14.5. The van der Waals surface area contributed by atoms with Crippen LogP contribution in [0.15, 0.2) is 23.7 Å². The molecule has 104 valence electrons. The van der Waals surface area contributed by atoms with E-state index in [-0.39, 0.29) is 0 Å². The maximum absolute atomic E-state index is 9.02. The van der Waals surface area contributed by atoms with E-state index < -0.39 is 0 Å². The Balaban J connectivity index is 1.85. The molecule has 0 radical (unpaired) electrons. The van der Waals surface area contributed by atoms with Gasteiger partial charge in [-0.25, -0.2) is 4.98 Å². The highest BCUT2D eigenvalue weighted by Gasteiger charge is 2.04.